The molecule has 1 fully saturated rings. The summed E-state index contributed by atoms with van der Waals surface area (Å²) >= 11 is 0. The maximum Gasteiger partial charge on any atom is 0.251 e. The van der Waals surface area contributed by atoms with Gasteiger partial charge in [-0.25, -0.2) is 8.78 Å². The minimum atomic E-state index is -2.29. The Kier molecular flexibility index (Phi) is 3.80. The molecule has 84 valence electrons. The molecular weight excluding hydrogens is 190 g/mol. The van der Waals surface area contributed by atoms with Gasteiger partial charge in [-0.15, -0.1) is 0 Å². The quantitative estimate of drug-likeness (QED) is 0.733. The van der Waals surface area contributed by atoms with Crippen molar-refractivity contribution in [2.75, 3.05) is 33.4 Å². The lowest BCUT2D eigenvalue weighted by atomic mass is 9.85. The number of hydrogen-bond acceptors (Lipinski definition) is 3. The Morgan fingerprint density at radius 1 is 1.64 bits per heavy atom. The molecule has 0 spiro atoms. The molecule has 0 aromatic heterocycles. The van der Waals surface area contributed by atoms with Crippen LogP contribution < -0.4 is 5.73 Å². The molecule has 2 N–H and O–H groups in total. The zero-order valence-corrected chi connectivity index (χ0v) is 8.67. The van der Waals surface area contributed by atoms with Crippen LogP contribution in [0.25, 0.3) is 0 Å². The van der Waals surface area contributed by atoms with Crippen LogP contribution >= 0.6 is 0 Å². The number of ether oxygens (including phenoxy) is 1. The second-order valence-corrected chi connectivity index (χ2v) is 4.36. The summed E-state index contributed by atoms with van der Waals surface area (Å²) in [6.45, 7) is 3.41. The molecule has 0 bridgehead atoms. The van der Waals surface area contributed by atoms with Crippen molar-refractivity contribution in [1.82, 2.24) is 4.90 Å². The monoisotopic (exact) mass is 208 g/mol. The van der Waals surface area contributed by atoms with Crippen LogP contribution in [0.2, 0.25) is 0 Å². The minimum absolute atomic E-state index is 0.0531. The van der Waals surface area contributed by atoms with E-state index in [0.29, 0.717) is 19.8 Å². The lowest BCUT2D eigenvalue weighted by molar-refractivity contribution is 0.0706. The second-order valence-electron chi connectivity index (χ2n) is 4.36. The molecule has 0 saturated carbocycles. The molecule has 1 rings (SSSR count). The van der Waals surface area contributed by atoms with Gasteiger partial charge in [-0.3, -0.25) is 0 Å². The molecule has 3 nitrogen and oxygen atoms in total. The highest BCUT2D eigenvalue weighted by atomic mass is 19.3. The summed E-state index contributed by atoms with van der Waals surface area (Å²) in [5, 5.41) is 0. The lowest BCUT2D eigenvalue weighted by Gasteiger charge is -2.31. The molecular formula is C9H18F2N2O. The fourth-order valence-corrected chi connectivity index (χ4v) is 1.81. The van der Waals surface area contributed by atoms with Crippen molar-refractivity contribution in [1.29, 1.82) is 0 Å². The highest BCUT2D eigenvalue weighted by molar-refractivity contribution is 4.91. The Morgan fingerprint density at radius 2 is 2.29 bits per heavy atom. The predicted molar refractivity (Wildman–Crippen MR) is 50.4 cm³/mol. The number of hydrogen-bond donors (Lipinski definition) is 1. The highest BCUT2D eigenvalue weighted by Gasteiger charge is 2.38. The molecule has 2 atom stereocenters. The van der Waals surface area contributed by atoms with Crippen molar-refractivity contribution >= 4 is 0 Å². The van der Waals surface area contributed by atoms with Crippen LogP contribution in [-0.4, -0.2) is 50.7 Å². The van der Waals surface area contributed by atoms with Crippen molar-refractivity contribution in [2.45, 2.75) is 19.4 Å². The van der Waals surface area contributed by atoms with Crippen LogP contribution in [0, 0.1) is 5.41 Å². The van der Waals surface area contributed by atoms with Gasteiger partial charge in [0.25, 0.3) is 6.43 Å². The summed E-state index contributed by atoms with van der Waals surface area (Å²) in [6.07, 6.45) is -2.29. The van der Waals surface area contributed by atoms with E-state index in [0.717, 1.165) is 0 Å². The van der Waals surface area contributed by atoms with Gasteiger partial charge in [-0.05, 0) is 7.05 Å². The molecule has 1 heterocycles. The van der Waals surface area contributed by atoms with Crippen molar-refractivity contribution in [3.8, 4) is 0 Å². The Labute approximate surface area is 83.2 Å². The standard InChI is InChI=1S/C9H18F2N2O/c1-9(6-14-4-7(9)12)5-13(2)3-8(10)11/h7-8H,3-6,12H2,1-2H3. The number of halogens is 2. The van der Waals surface area contributed by atoms with Crippen molar-refractivity contribution in [3.05, 3.63) is 0 Å². The lowest BCUT2D eigenvalue weighted by Crippen LogP contribution is -2.46. The van der Waals surface area contributed by atoms with Crippen LogP contribution in [0.4, 0.5) is 8.78 Å². The first kappa shape index (κ1) is 11.8. The van der Waals surface area contributed by atoms with E-state index < -0.39 is 6.43 Å². The Morgan fingerprint density at radius 3 is 2.71 bits per heavy atom. The Bertz CT molecular complexity index is 192. The molecule has 1 aliphatic heterocycles. The topological polar surface area (TPSA) is 38.5 Å². The highest BCUT2D eigenvalue weighted by Crippen LogP contribution is 2.27. The molecule has 0 aromatic carbocycles. The van der Waals surface area contributed by atoms with Crippen LogP contribution in [0.15, 0.2) is 0 Å². The predicted octanol–water partition coefficient (Wildman–Crippen LogP) is 0.547. The molecule has 1 aliphatic rings. The number of nitrogens with two attached hydrogens (primary N) is 1. The molecule has 0 amide bonds. The van der Waals surface area contributed by atoms with Crippen LogP contribution in [-0.2, 0) is 4.74 Å². The van der Waals surface area contributed by atoms with Crippen LogP contribution in [0.3, 0.4) is 0 Å². The summed E-state index contributed by atoms with van der Waals surface area (Å²) in [7, 11) is 1.68. The Balaban J connectivity index is 2.42. The normalized spacial score (nSPS) is 33.2. The zero-order chi connectivity index (χ0) is 10.8. The molecule has 5 heteroatoms. The van der Waals surface area contributed by atoms with Gasteiger partial charge >= 0.3 is 0 Å². The fourth-order valence-electron chi connectivity index (χ4n) is 1.81. The van der Waals surface area contributed by atoms with E-state index in [2.05, 4.69) is 0 Å². The SMILES string of the molecule is CN(CC(F)F)CC1(C)COCC1N. The minimum Gasteiger partial charge on any atom is -0.379 e. The summed E-state index contributed by atoms with van der Waals surface area (Å²) in [5.74, 6) is 0. The maximum atomic E-state index is 12.1. The van der Waals surface area contributed by atoms with Gasteiger partial charge in [0.1, 0.15) is 0 Å². The van der Waals surface area contributed by atoms with E-state index in [1.165, 1.54) is 0 Å². The van der Waals surface area contributed by atoms with Crippen LogP contribution in [0.5, 0.6) is 0 Å². The first-order chi connectivity index (χ1) is 6.44. The van der Waals surface area contributed by atoms with Gasteiger partial charge in [0.15, 0.2) is 0 Å². The molecule has 0 aromatic rings. The van der Waals surface area contributed by atoms with E-state index >= 15 is 0 Å². The summed E-state index contributed by atoms with van der Waals surface area (Å²) < 4.78 is 29.4. The third-order valence-electron chi connectivity index (χ3n) is 2.71. The van der Waals surface area contributed by atoms with Gasteiger partial charge in [-0.1, -0.05) is 6.92 Å². The van der Waals surface area contributed by atoms with Gasteiger partial charge in [-0.2, -0.15) is 0 Å². The second kappa shape index (κ2) is 4.51. The summed E-state index contributed by atoms with van der Waals surface area (Å²) in [5.41, 5.74) is 5.66. The van der Waals surface area contributed by atoms with Crippen molar-refractivity contribution in [2.24, 2.45) is 11.1 Å². The molecule has 0 radical (unpaired) electrons. The maximum absolute atomic E-state index is 12.1. The van der Waals surface area contributed by atoms with E-state index in [1.807, 2.05) is 6.92 Å². The van der Waals surface area contributed by atoms with Crippen molar-refractivity contribution in [3.63, 3.8) is 0 Å². The first-order valence-electron chi connectivity index (χ1n) is 4.74. The zero-order valence-electron chi connectivity index (χ0n) is 8.67. The molecule has 2 unspecified atom stereocenters. The number of nitrogens with zero attached hydrogens (tertiary/aromatic N) is 1. The fraction of sp³-hybridized carbons (Fsp3) is 1.00. The van der Waals surface area contributed by atoms with E-state index in [4.69, 9.17) is 10.5 Å². The van der Waals surface area contributed by atoms with E-state index in [-0.39, 0.29) is 18.0 Å². The van der Waals surface area contributed by atoms with Crippen LogP contribution in [0.1, 0.15) is 6.92 Å². The van der Waals surface area contributed by atoms with Gasteiger partial charge in [0.2, 0.25) is 0 Å². The smallest absolute Gasteiger partial charge is 0.251 e. The molecule has 1 saturated heterocycles. The van der Waals surface area contributed by atoms with Gasteiger partial charge in [0.05, 0.1) is 19.8 Å². The van der Waals surface area contributed by atoms with Crippen molar-refractivity contribution < 1.29 is 13.5 Å². The van der Waals surface area contributed by atoms with Gasteiger partial charge in [0, 0.05) is 18.0 Å². The third kappa shape index (κ3) is 2.87. The third-order valence-corrected chi connectivity index (χ3v) is 2.71. The van der Waals surface area contributed by atoms with E-state index in [9.17, 15) is 8.78 Å². The number of rotatable bonds is 4. The first-order valence-corrected chi connectivity index (χ1v) is 4.74. The Hall–Kier alpha value is -0.260. The summed E-state index contributed by atoms with van der Waals surface area (Å²) in [4.78, 5) is 1.61. The van der Waals surface area contributed by atoms with E-state index in [1.54, 1.807) is 11.9 Å². The molecule has 0 aliphatic carbocycles. The average Bonchev–Trinajstić information content (AvgIpc) is 2.29. The van der Waals surface area contributed by atoms with Gasteiger partial charge < -0.3 is 15.4 Å². The molecule has 14 heavy (non-hydrogen) atoms. The average molecular weight is 208 g/mol. The number of alkyl halides is 2. The summed E-state index contributed by atoms with van der Waals surface area (Å²) in [6, 6.07) is -0.0531. The largest absolute Gasteiger partial charge is 0.379 e.